The SMILES string of the molecule is COc1ccc2oc3c(C4OC(CO)C(O)C(O)C4O)c(O)cc(O)c3c(=O)c2c1. The first-order valence-corrected chi connectivity index (χ1v) is 9.08. The number of phenolic OH excluding ortho intramolecular Hbond substituents is 2. The molecule has 2 heterocycles. The Morgan fingerprint density at radius 3 is 2.43 bits per heavy atom. The van der Waals surface area contributed by atoms with Crippen LogP contribution in [0.15, 0.2) is 33.5 Å². The second-order valence-corrected chi connectivity index (χ2v) is 7.08. The van der Waals surface area contributed by atoms with Gasteiger partial charge in [0.05, 0.1) is 24.7 Å². The van der Waals surface area contributed by atoms with Crippen LogP contribution in [0.5, 0.6) is 17.2 Å². The fraction of sp³-hybridized carbons (Fsp3) is 0.350. The van der Waals surface area contributed by atoms with Gasteiger partial charge in [0.2, 0.25) is 5.43 Å². The van der Waals surface area contributed by atoms with Crippen molar-refractivity contribution in [1.82, 2.24) is 0 Å². The molecule has 2 aromatic carbocycles. The molecule has 1 aliphatic heterocycles. The first-order valence-electron chi connectivity index (χ1n) is 9.08. The molecule has 1 fully saturated rings. The fourth-order valence-corrected chi connectivity index (χ4v) is 3.73. The maximum atomic E-state index is 13.1. The molecule has 0 spiro atoms. The van der Waals surface area contributed by atoms with Gasteiger partial charge in [-0.05, 0) is 18.2 Å². The number of aromatic hydroxyl groups is 2. The molecule has 1 aromatic heterocycles. The molecule has 5 atom stereocenters. The number of hydrogen-bond donors (Lipinski definition) is 6. The number of hydrogen-bond acceptors (Lipinski definition) is 10. The largest absolute Gasteiger partial charge is 0.507 e. The molecular formula is C20H20O10. The first-order chi connectivity index (χ1) is 14.3. The molecule has 160 valence electrons. The van der Waals surface area contributed by atoms with Crippen molar-refractivity contribution in [3.8, 4) is 17.2 Å². The van der Waals surface area contributed by atoms with Crippen molar-refractivity contribution >= 4 is 21.9 Å². The summed E-state index contributed by atoms with van der Waals surface area (Å²) in [6.07, 6.45) is -7.75. The zero-order valence-corrected chi connectivity index (χ0v) is 15.7. The van der Waals surface area contributed by atoms with E-state index in [1.54, 1.807) is 6.07 Å². The third-order valence-electron chi connectivity index (χ3n) is 5.32. The van der Waals surface area contributed by atoms with Crippen LogP contribution in [0.4, 0.5) is 0 Å². The molecule has 0 radical (unpaired) electrons. The van der Waals surface area contributed by atoms with Gasteiger partial charge in [0.1, 0.15) is 58.7 Å². The lowest BCUT2D eigenvalue weighted by molar-refractivity contribution is -0.231. The van der Waals surface area contributed by atoms with Crippen molar-refractivity contribution in [1.29, 1.82) is 0 Å². The van der Waals surface area contributed by atoms with Crippen molar-refractivity contribution in [2.75, 3.05) is 13.7 Å². The highest BCUT2D eigenvalue weighted by Gasteiger charge is 2.46. The number of aliphatic hydroxyl groups is 4. The predicted molar refractivity (Wildman–Crippen MR) is 103 cm³/mol. The minimum atomic E-state index is -1.72. The summed E-state index contributed by atoms with van der Waals surface area (Å²) >= 11 is 0. The van der Waals surface area contributed by atoms with Crippen LogP contribution in [0.2, 0.25) is 0 Å². The van der Waals surface area contributed by atoms with E-state index in [9.17, 15) is 35.4 Å². The summed E-state index contributed by atoms with van der Waals surface area (Å²) in [7, 11) is 1.43. The van der Waals surface area contributed by atoms with Crippen LogP contribution in [-0.2, 0) is 4.74 Å². The zero-order valence-electron chi connectivity index (χ0n) is 15.7. The minimum absolute atomic E-state index is 0.114. The molecule has 4 rings (SSSR count). The van der Waals surface area contributed by atoms with Crippen molar-refractivity contribution in [3.63, 3.8) is 0 Å². The topological polar surface area (TPSA) is 170 Å². The smallest absolute Gasteiger partial charge is 0.204 e. The molecular weight excluding hydrogens is 400 g/mol. The number of methoxy groups -OCH3 is 1. The summed E-state index contributed by atoms with van der Waals surface area (Å²) in [5, 5.41) is 60.6. The van der Waals surface area contributed by atoms with Gasteiger partial charge in [-0.3, -0.25) is 4.79 Å². The molecule has 0 bridgehead atoms. The van der Waals surface area contributed by atoms with Crippen LogP contribution >= 0.6 is 0 Å². The fourth-order valence-electron chi connectivity index (χ4n) is 3.73. The Morgan fingerprint density at radius 2 is 1.77 bits per heavy atom. The van der Waals surface area contributed by atoms with Crippen molar-refractivity contribution in [2.24, 2.45) is 0 Å². The number of ether oxygens (including phenoxy) is 2. The molecule has 30 heavy (non-hydrogen) atoms. The van der Waals surface area contributed by atoms with Crippen LogP contribution in [0.1, 0.15) is 11.7 Å². The van der Waals surface area contributed by atoms with Gasteiger partial charge < -0.3 is 44.5 Å². The van der Waals surface area contributed by atoms with Crippen LogP contribution in [0, 0.1) is 0 Å². The maximum absolute atomic E-state index is 13.1. The van der Waals surface area contributed by atoms with Crippen molar-refractivity contribution < 1.29 is 44.5 Å². The number of aliphatic hydroxyl groups excluding tert-OH is 4. The molecule has 0 aliphatic carbocycles. The average molecular weight is 420 g/mol. The lowest BCUT2D eigenvalue weighted by Crippen LogP contribution is -2.55. The maximum Gasteiger partial charge on any atom is 0.204 e. The third-order valence-corrected chi connectivity index (χ3v) is 5.32. The standard InChI is InChI=1S/C20H20O10/c1-28-7-2-3-11-8(4-7)15(24)13-9(22)5-10(23)14(19(13)29-11)20-18(27)17(26)16(25)12(6-21)30-20/h2-5,12,16-18,20-23,25-27H,6H2,1H3. The summed E-state index contributed by atoms with van der Waals surface area (Å²) in [5.41, 5.74) is -0.980. The summed E-state index contributed by atoms with van der Waals surface area (Å²) < 4.78 is 16.4. The van der Waals surface area contributed by atoms with E-state index in [1.165, 1.54) is 19.2 Å². The van der Waals surface area contributed by atoms with Crippen molar-refractivity contribution in [2.45, 2.75) is 30.5 Å². The molecule has 1 aliphatic rings. The Labute approximate surface area is 168 Å². The number of benzene rings is 2. The summed E-state index contributed by atoms with van der Waals surface area (Å²) in [4.78, 5) is 13.1. The minimum Gasteiger partial charge on any atom is -0.507 e. The molecule has 3 aromatic rings. The van der Waals surface area contributed by atoms with Gasteiger partial charge in [-0.25, -0.2) is 0 Å². The number of phenols is 2. The van der Waals surface area contributed by atoms with Gasteiger partial charge in [0.15, 0.2) is 5.58 Å². The molecule has 1 saturated heterocycles. The van der Waals surface area contributed by atoms with Crippen LogP contribution < -0.4 is 10.2 Å². The van der Waals surface area contributed by atoms with E-state index >= 15 is 0 Å². The van der Waals surface area contributed by atoms with E-state index in [2.05, 4.69) is 0 Å². The van der Waals surface area contributed by atoms with Crippen molar-refractivity contribution in [3.05, 3.63) is 40.1 Å². The number of rotatable bonds is 3. The molecule has 0 amide bonds. The monoisotopic (exact) mass is 420 g/mol. The highest BCUT2D eigenvalue weighted by molar-refractivity contribution is 5.96. The van der Waals surface area contributed by atoms with Crippen LogP contribution in [0.25, 0.3) is 21.9 Å². The van der Waals surface area contributed by atoms with E-state index < -0.39 is 54.1 Å². The first kappa shape index (κ1) is 20.4. The second-order valence-electron chi connectivity index (χ2n) is 7.08. The zero-order chi connectivity index (χ0) is 21.7. The van der Waals surface area contributed by atoms with Gasteiger partial charge in [-0.15, -0.1) is 0 Å². The molecule has 10 heteroatoms. The lowest BCUT2D eigenvalue weighted by atomic mass is 9.89. The Kier molecular flexibility index (Phi) is 5.04. The Bertz CT molecular complexity index is 1170. The van der Waals surface area contributed by atoms with E-state index in [0.717, 1.165) is 6.07 Å². The molecule has 5 unspecified atom stereocenters. The van der Waals surface area contributed by atoms with E-state index in [4.69, 9.17) is 13.9 Å². The lowest BCUT2D eigenvalue weighted by Gasteiger charge is -2.40. The van der Waals surface area contributed by atoms with Crippen LogP contribution in [0.3, 0.4) is 0 Å². The van der Waals surface area contributed by atoms with Crippen LogP contribution in [-0.4, -0.2) is 68.8 Å². The Morgan fingerprint density at radius 1 is 1.03 bits per heavy atom. The second kappa shape index (κ2) is 7.42. The number of fused-ring (bicyclic) bond motifs is 2. The normalized spacial score (nSPS) is 26.9. The third kappa shape index (κ3) is 2.97. The highest BCUT2D eigenvalue weighted by atomic mass is 16.5. The van der Waals surface area contributed by atoms with E-state index in [-0.39, 0.29) is 27.5 Å². The molecule has 10 nitrogen and oxygen atoms in total. The van der Waals surface area contributed by atoms with Gasteiger partial charge in [-0.2, -0.15) is 0 Å². The summed E-state index contributed by atoms with van der Waals surface area (Å²) in [6.45, 7) is -0.676. The van der Waals surface area contributed by atoms with Gasteiger partial charge in [0, 0.05) is 6.07 Å². The predicted octanol–water partition coefficient (Wildman–Crippen LogP) is -0.119. The van der Waals surface area contributed by atoms with Gasteiger partial charge in [0.25, 0.3) is 0 Å². The molecule has 0 saturated carbocycles. The van der Waals surface area contributed by atoms with E-state index in [1.807, 2.05) is 0 Å². The molecule has 6 N–H and O–H groups in total. The average Bonchev–Trinajstić information content (AvgIpc) is 2.73. The quantitative estimate of drug-likeness (QED) is 0.314. The van der Waals surface area contributed by atoms with Gasteiger partial charge >= 0.3 is 0 Å². The summed E-state index contributed by atoms with van der Waals surface area (Å²) in [5.74, 6) is -0.740. The van der Waals surface area contributed by atoms with E-state index in [0.29, 0.717) is 5.75 Å². The highest BCUT2D eigenvalue weighted by Crippen LogP contribution is 2.43. The Balaban J connectivity index is 2.02. The summed E-state index contributed by atoms with van der Waals surface area (Å²) in [6, 6.07) is 5.34. The van der Waals surface area contributed by atoms with Gasteiger partial charge in [-0.1, -0.05) is 0 Å². The Hall–Kier alpha value is -2.89.